The molecule has 2 nitrogen and oxygen atoms in total. The first kappa shape index (κ1) is 13.9. The van der Waals surface area contributed by atoms with Gasteiger partial charge in [0.1, 0.15) is 10.9 Å². The van der Waals surface area contributed by atoms with Crippen LogP contribution in [0.25, 0.3) is 11.1 Å². The van der Waals surface area contributed by atoms with E-state index in [2.05, 4.69) is 18.8 Å². The van der Waals surface area contributed by atoms with Crippen molar-refractivity contribution >= 4 is 40.4 Å². The van der Waals surface area contributed by atoms with Gasteiger partial charge in [-0.15, -0.1) is 11.3 Å². The van der Waals surface area contributed by atoms with Crippen molar-refractivity contribution in [3.8, 4) is 11.1 Å². The van der Waals surface area contributed by atoms with Crippen molar-refractivity contribution in [1.29, 1.82) is 0 Å². The van der Waals surface area contributed by atoms with E-state index >= 15 is 0 Å². The zero-order valence-corrected chi connectivity index (χ0v) is 13.4. The fourth-order valence-electron chi connectivity index (χ4n) is 2.09. The molecule has 0 atom stereocenters. The molecular formula is C15H13Cl2NOS. The van der Waals surface area contributed by atoms with E-state index in [0.29, 0.717) is 21.2 Å². The molecule has 1 aromatic carbocycles. The van der Waals surface area contributed by atoms with E-state index in [-0.39, 0.29) is 5.54 Å². The molecule has 2 heterocycles. The number of rotatable bonds is 2. The molecule has 3 rings (SSSR count). The van der Waals surface area contributed by atoms with Gasteiger partial charge in [-0.2, -0.15) is 0 Å². The predicted octanol–water partition coefficient (Wildman–Crippen LogP) is 5.28. The average Bonchev–Trinajstić information content (AvgIpc) is 2.92. The van der Waals surface area contributed by atoms with Crippen LogP contribution in [0.4, 0.5) is 0 Å². The summed E-state index contributed by atoms with van der Waals surface area (Å²) in [5, 5.41) is 0. The lowest BCUT2D eigenvalue weighted by atomic mass is 10.1. The quantitative estimate of drug-likeness (QED) is 0.736. The summed E-state index contributed by atoms with van der Waals surface area (Å²) < 4.78 is 7.06. The van der Waals surface area contributed by atoms with Crippen molar-refractivity contribution in [3.63, 3.8) is 0 Å². The molecule has 0 saturated heterocycles. The standard InChI is InChI=1S/C15H13Cl2NOS/c1-15(2)8-19-14(18-15)10-5-3-4-9(6-10)11-7-12(16)20-13(11)17/h3-7H,8H2,1-2H3. The van der Waals surface area contributed by atoms with Crippen LogP contribution in [0.5, 0.6) is 0 Å². The molecule has 0 amide bonds. The van der Waals surface area contributed by atoms with Gasteiger partial charge in [0, 0.05) is 11.1 Å². The number of nitrogens with zero attached hydrogens (tertiary/aromatic N) is 1. The summed E-state index contributed by atoms with van der Waals surface area (Å²) in [6.45, 7) is 4.72. The lowest BCUT2D eigenvalue weighted by molar-refractivity contribution is 0.279. The van der Waals surface area contributed by atoms with Gasteiger partial charge in [-0.1, -0.05) is 35.3 Å². The minimum Gasteiger partial charge on any atom is -0.475 e. The molecule has 0 aliphatic carbocycles. The first-order chi connectivity index (χ1) is 9.44. The molecule has 1 aliphatic heterocycles. The summed E-state index contributed by atoms with van der Waals surface area (Å²) in [6.07, 6.45) is 0. The van der Waals surface area contributed by atoms with Crippen LogP contribution < -0.4 is 0 Å². The Morgan fingerprint density at radius 2 is 1.95 bits per heavy atom. The van der Waals surface area contributed by atoms with Gasteiger partial charge in [0.2, 0.25) is 5.90 Å². The summed E-state index contributed by atoms with van der Waals surface area (Å²) in [6, 6.07) is 9.89. The highest BCUT2D eigenvalue weighted by molar-refractivity contribution is 7.20. The van der Waals surface area contributed by atoms with Gasteiger partial charge in [0.15, 0.2) is 0 Å². The second kappa shape index (κ2) is 5.06. The van der Waals surface area contributed by atoms with Crippen LogP contribution >= 0.6 is 34.5 Å². The van der Waals surface area contributed by atoms with Gasteiger partial charge in [-0.3, -0.25) is 0 Å². The summed E-state index contributed by atoms with van der Waals surface area (Å²) in [4.78, 5) is 4.59. The maximum Gasteiger partial charge on any atom is 0.216 e. The van der Waals surface area contributed by atoms with E-state index in [1.165, 1.54) is 11.3 Å². The van der Waals surface area contributed by atoms with E-state index in [4.69, 9.17) is 27.9 Å². The molecule has 5 heteroatoms. The Morgan fingerprint density at radius 1 is 1.20 bits per heavy atom. The summed E-state index contributed by atoms with van der Waals surface area (Å²) in [5.41, 5.74) is 2.77. The molecule has 2 aromatic rings. The van der Waals surface area contributed by atoms with E-state index in [1.54, 1.807) is 0 Å². The summed E-state index contributed by atoms with van der Waals surface area (Å²) in [7, 11) is 0. The third kappa shape index (κ3) is 2.71. The van der Waals surface area contributed by atoms with Crippen LogP contribution in [0.2, 0.25) is 8.67 Å². The topological polar surface area (TPSA) is 21.6 Å². The van der Waals surface area contributed by atoms with Crippen molar-refractivity contribution in [1.82, 2.24) is 0 Å². The second-order valence-electron chi connectivity index (χ2n) is 5.34. The smallest absolute Gasteiger partial charge is 0.216 e. The van der Waals surface area contributed by atoms with Gasteiger partial charge in [-0.05, 0) is 37.6 Å². The second-order valence-corrected chi connectivity index (χ2v) is 7.62. The van der Waals surface area contributed by atoms with Crippen molar-refractivity contribution in [2.45, 2.75) is 19.4 Å². The molecule has 0 fully saturated rings. The third-order valence-corrected chi connectivity index (χ3v) is 4.53. The molecule has 0 bridgehead atoms. The Hall–Kier alpha value is -1.03. The van der Waals surface area contributed by atoms with Crippen molar-refractivity contribution in [2.24, 2.45) is 4.99 Å². The predicted molar refractivity (Wildman–Crippen MR) is 86.3 cm³/mol. The Bertz CT molecular complexity index is 691. The molecule has 1 aromatic heterocycles. The number of hydrogen-bond acceptors (Lipinski definition) is 3. The Kier molecular flexibility index (Phi) is 3.53. The number of halogens is 2. The lowest BCUT2D eigenvalue weighted by Crippen LogP contribution is -2.17. The Morgan fingerprint density at radius 3 is 2.55 bits per heavy atom. The van der Waals surface area contributed by atoms with Crippen LogP contribution in [-0.4, -0.2) is 18.0 Å². The Labute approximate surface area is 132 Å². The van der Waals surface area contributed by atoms with Gasteiger partial charge in [0.05, 0.1) is 9.88 Å². The van der Waals surface area contributed by atoms with E-state index in [9.17, 15) is 0 Å². The molecule has 0 N–H and O–H groups in total. The van der Waals surface area contributed by atoms with Crippen molar-refractivity contribution in [3.05, 3.63) is 44.6 Å². The van der Waals surface area contributed by atoms with Crippen molar-refractivity contribution in [2.75, 3.05) is 6.61 Å². The molecule has 0 radical (unpaired) electrons. The largest absolute Gasteiger partial charge is 0.475 e. The molecule has 0 saturated carbocycles. The number of hydrogen-bond donors (Lipinski definition) is 0. The zero-order chi connectivity index (χ0) is 14.3. The van der Waals surface area contributed by atoms with Crippen molar-refractivity contribution < 1.29 is 4.74 Å². The molecule has 0 spiro atoms. The first-order valence-electron chi connectivity index (χ1n) is 6.23. The molecule has 20 heavy (non-hydrogen) atoms. The average molecular weight is 326 g/mol. The molecular weight excluding hydrogens is 313 g/mol. The third-order valence-electron chi connectivity index (χ3n) is 3.04. The van der Waals surface area contributed by atoms with E-state index in [1.807, 2.05) is 30.3 Å². The highest BCUT2D eigenvalue weighted by Crippen LogP contribution is 2.38. The van der Waals surface area contributed by atoms with Crippen LogP contribution in [0, 0.1) is 0 Å². The minimum absolute atomic E-state index is 0.158. The fraction of sp³-hybridized carbons (Fsp3) is 0.267. The SMILES string of the molecule is CC1(C)COC(c2cccc(-c3cc(Cl)sc3Cl)c2)=N1. The highest BCUT2D eigenvalue weighted by atomic mass is 35.5. The fourth-order valence-corrected chi connectivity index (χ4v) is 3.60. The maximum absolute atomic E-state index is 6.21. The first-order valence-corrected chi connectivity index (χ1v) is 7.80. The van der Waals surface area contributed by atoms with Gasteiger partial charge >= 0.3 is 0 Å². The van der Waals surface area contributed by atoms with E-state index < -0.39 is 0 Å². The summed E-state index contributed by atoms with van der Waals surface area (Å²) >= 11 is 13.6. The molecule has 1 aliphatic rings. The molecule has 0 unspecified atom stereocenters. The lowest BCUT2D eigenvalue weighted by Gasteiger charge is -2.07. The Balaban J connectivity index is 2.01. The van der Waals surface area contributed by atoms with Crippen LogP contribution in [0.15, 0.2) is 35.3 Å². The van der Waals surface area contributed by atoms with Crippen LogP contribution in [0.3, 0.4) is 0 Å². The van der Waals surface area contributed by atoms with Crippen LogP contribution in [-0.2, 0) is 4.74 Å². The number of thiophene rings is 1. The number of ether oxygens (including phenoxy) is 1. The number of aliphatic imine (C=N–C) groups is 1. The molecule has 104 valence electrons. The van der Waals surface area contributed by atoms with E-state index in [0.717, 1.165) is 16.7 Å². The highest BCUT2D eigenvalue weighted by Gasteiger charge is 2.27. The maximum atomic E-state index is 6.21. The number of benzene rings is 1. The zero-order valence-electron chi connectivity index (χ0n) is 11.1. The normalized spacial score (nSPS) is 16.9. The van der Waals surface area contributed by atoms with Gasteiger partial charge in [-0.25, -0.2) is 4.99 Å². The minimum atomic E-state index is -0.158. The van der Waals surface area contributed by atoms with Gasteiger partial charge < -0.3 is 4.74 Å². The van der Waals surface area contributed by atoms with Crippen LogP contribution in [0.1, 0.15) is 19.4 Å². The van der Waals surface area contributed by atoms with Gasteiger partial charge in [0.25, 0.3) is 0 Å². The monoisotopic (exact) mass is 325 g/mol. The summed E-state index contributed by atoms with van der Waals surface area (Å²) in [5.74, 6) is 0.689.